The zero-order valence-electron chi connectivity index (χ0n) is 14.3. The second-order valence-electron chi connectivity index (χ2n) is 6.20. The largest absolute Gasteiger partial charge is 0.489 e. The summed E-state index contributed by atoms with van der Waals surface area (Å²) in [6.45, 7) is -0.170. The van der Waals surface area contributed by atoms with Crippen molar-refractivity contribution >= 4 is 23.2 Å². The van der Waals surface area contributed by atoms with Gasteiger partial charge in [-0.15, -0.1) is 0 Å². The lowest BCUT2D eigenvalue weighted by atomic mass is 9.92. The van der Waals surface area contributed by atoms with Crippen LogP contribution in [0.4, 0.5) is 13.2 Å². The van der Waals surface area contributed by atoms with Gasteiger partial charge in [-0.05, 0) is 73.2 Å². The van der Waals surface area contributed by atoms with Gasteiger partial charge in [0.15, 0.2) is 0 Å². The molecule has 0 amide bonds. The van der Waals surface area contributed by atoms with Crippen molar-refractivity contribution in [1.82, 2.24) is 0 Å². The van der Waals surface area contributed by atoms with Gasteiger partial charge in [-0.2, -0.15) is 13.2 Å². The van der Waals surface area contributed by atoms with E-state index in [-0.39, 0.29) is 22.6 Å². The molecule has 0 unspecified atom stereocenters. The predicted octanol–water partition coefficient (Wildman–Crippen LogP) is 7.07. The highest BCUT2D eigenvalue weighted by molar-refractivity contribution is 6.55. The maximum absolute atomic E-state index is 13.4. The summed E-state index contributed by atoms with van der Waals surface area (Å²) >= 11 is 10.9. The average molecular weight is 417 g/mol. The van der Waals surface area contributed by atoms with E-state index in [9.17, 15) is 13.2 Å². The number of fused-ring (bicyclic) bond motifs is 1. The van der Waals surface area contributed by atoms with Crippen LogP contribution in [-0.2, 0) is 19.0 Å². The van der Waals surface area contributed by atoms with Gasteiger partial charge in [0.1, 0.15) is 33.9 Å². The van der Waals surface area contributed by atoms with E-state index in [0.717, 1.165) is 31.7 Å². The number of ether oxygens (including phenoxy) is 2. The number of rotatable bonds is 5. The van der Waals surface area contributed by atoms with Crippen LogP contribution in [0, 0.1) is 0 Å². The van der Waals surface area contributed by atoms with E-state index in [2.05, 4.69) is 0 Å². The molecule has 0 aromatic heterocycles. The molecular formula is C20H17Cl2F3O2. The van der Waals surface area contributed by atoms with Crippen LogP contribution in [0.1, 0.15) is 29.5 Å². The molecule has 0 atom stereocenters. The van der Waals surface area contributed by atoms with Crippen LogP contribution in [0.5, 0.6) is 17.2 Å². The Labute approximate surface area is 165 Å². The van der Waals surface area contributed by atoms with E-state index >= 15 is 0 Å². The molecular weight excluding hydrogens is 400 g/mol. The molecule has 0 radical (unpaired) electrons. The summed E-state index contributed by atoms with van der Waals surface area (Å²) < 4.78 is 50.9. The number of halogens is 5. The lowest BCUT2D eigenvalue weighted by Gasteiger charge is -2.18. The topological polar surface area (TPSA) is 18.5 Å². The molecule has 0 aliphatic heterocycles. The molecule has 27 heavy (non-hydrogen) atoms. The SMILES string of the molecule is FC(F)(F)c1cc(Oc2ccc3c(c2)CCCC3)ccc1OCC=C(Cl)Cl. The zero-order chi connectivity index (χ0) is 19.4. The summed E-state index contributed by atoms with van der Waals surface area (Å²) in [4.78, 5) is 0. The first-order valence-electron chi connectivity index (χ1n) is 8.48. The van der Waals surface area contributed by atoms with Crippen LogP contribution in [0.25, 0.3) is 0 Å². The van der Waals surface area contributed by atoms with Crippen LogP contribution in [0.2, 0.25) is 0 Å². The van der Waals surface area contributed by atoms with E-state index in [1.54, 1.807) is 6.07 Å². The van der Waals surface area contributed by atoms with Crippen molar-refractivity contribution in [3.63, 3.8) is 0 Å². The molecule has 0 fully saturated rings. The Morgan fingerprint density at radius 2 is 1.63 bits per heavy atom. The summed E-state index contributed by atoms with van der Waals surface area (Å²) in [6, 6.07) is 9.27. The molecule has 2 aromatic rings. The maximum Gasteiger partial charge on any atom is 0.420 e. The highest BCUT2D eigenvalue weighted by Crippen LogP contribution is 2.39. The van der Waals surface area contributed by atoms with Gasteiger partial charge in [0, 0.05) is 0 Å². The van der Waals surface area contributed by atoms with E-state index in [1.807, 2.05) is 12.1 Å². The monoisotopic (exact) mass is 416 g/mol. The molecule has 0 saturated carbocycles. The summed E-state index contributed by atoms with van der Waals surface area (Å²) in [5.74, 6) is 0.303. The predicted molar refractivity (Wildman–Crippen MR) is 99.9 cm³/mol. The smallest absolute Gasteiger partial charge is 0.420 e. The van der Waals surface area contributed by atoms with Gasteiger partial charge in [-0.3, -0.25) is 0 Å². The Bertz CT molecular complexity index is 844. The number of aryl methyl sites for hydroxylation is 2. The van der Waals surface area contributed by atoms with Crippen LogP contribution in [0.3, 0.4) is 0 Å². The quantitative estimate of drug-likeness (QED) is 0.518. The van der Waals surface area contributed by atoms with Gasteiger partial charge in [0.2, 0.25) is 0 Å². The van der Waals surface area contributed by atoms with E-state index in [4.69, 9.17) is 32.7 Å². The summed E-state index contributed by atoms with van der Waals surface area (Å²) in [5.41, 5.74) is 1.55. The molecule has 1 aliphatic rings. The fourth-order valence-corrected chi connectivity index (χ4v) is 3.15. The van der Waals surface area contributed by atoms with Crippen LogP contribution in [0.15, 0.2) is 47.0 Å². The third-order valence-corrected chi connectivity index (χ3v) is 4.60. The van der Waals surface area contributed by atoms with Crippen molar-refractivity contribution in [2.24, 2.45) is 0 Å². The molecule has 1 aliphatic carbocycles. The molecule has 2 aromatic carbocycles. The minimum absolute atomic E-state index is 0.0732. The van der Waals surface area contributed by atoms with E-state index < -0.39 is 11.7 Å². The van der Waals surface area contributed by atoms with Gasteiger partial charge >= 0.3 is 6.18 Å². The molecule has 2 nitrogen and oxygen atoms in total. The van der Waals surface area contributed by atoms with Gasteiger partial charge in [0.05, 0.1) is 0 Å². The standard InChI is InChI=1S/C20H17Cl2F3O2/c21-19(22)9-10-26-18-8-7-16(12-17(18)20(23,24)25)27-15-6-5-13-3-1-2-4-14(13)11-15/h5-9,11-12H,1-4,10H2. The fraction of sp³-hybridized carbons (Fsp3) is 0.300. The van der Waals surface area contributed by atoms with Crippen molar-refractivity contribution < 1.29 is 22.6 Å². The van der Waals surface area contributed by atoms with E-state index in [1.165, 1.54) is 29.3 Å². The van der Waals surface area contributed by atoms with Crippen molar-refractivity contribution in [2.75, 3.05) is 6.61 Å². The molecule has 0 heterocycles. The number of hydrogen-bond acceptors (Lipinski definition) is 2. The van der Waals surface area contributed by atoms with Gasteiger partial charge in [-0.25, -0.2) is 0 Å². The van der Waals surface area contributed by atoms with Crippen molar-refractivity contribution in [1.29, 1.82) is 0 Å². The summed E-state index contributed by atoms with van der Waals surface area (Å²) in [7, 11) is 0. The lowest BCUT2D eigenvalue weighted by molar-refractivity contribution is -0.138. The molecule has 7 heteroatoms. The van der Waals surface area contributed by atoms with Crippen LogP contribution < -0.4 is 9.47 Å². The summed E-state index contributed by atoms with van der Waals surface area (Å²) in [6.07, 6.45) is 0.944. The van der Waals surface area contributed by atoms with Crippen molar-refractivity contribution in [3.05, 3.63) is 63.7 Å². The number of benzene rings is 2. The molecule has 3 rings (SSSR count). The zero-order valence-corrected chi connectivity index (χ0v) is 15.8. The fourth-order valence-electron chi connectivity index (χ4n) is 3.02. The Kier molecular flexibility index (Phi) is 6.22. The Hall–Kier alpha value is -1.85. The van der Waals surface area contributed by atoms with Crippen LogP contribution >= 0.6 is 23.2 Å². The van der Waals surface area contributed by atoms with Gasteiger partial charge in [0.25, 0.3) is 0 Å². The Morgan fingerprint density at radius 3 is 2.33 bits per heavy atom. The molecule has 0 bridgehead atoms. The first-order valence-corrected chi connectivity index (χ1v) is 9.23. The van der Waals surface area contributed by atoms with Crippen LogP contribution in [-0.4, -0.2) is 6.61 Å². The molecule has 0 saturated heterocycles. The third kappa shape index (κ3) is 5.33. The van der Waals surface area contributed by atoms with Gasteiger partial charge < -0.3 is 9.47 Å². The first kappa shape index (κ1) is 19.9. The highest BCUT2D eigenvalue weighted by Gasteiger charge is 2.35. The van der Waals surface area contributed by atoms with E-state index in [0.29, 0.717) is 5.75 Å². The Balaban J connectivity index is 1.82. The third-order valence-electron chi connectivity index (χ3n) is 4.29. The maximum atomic E-state index is 13.4. The molecule has 0 N–H and O–H groups in total. The minimum atomic E-state index is -4.58. The van der Waals surface area contributed by atoms with Crippen molar-refractivity contribution in [3.8, 4) is 17.2 Å². The summed E-state index contributed by atoms with van der Waals surface area (Å²) in [5, 5.41) is 0. The highest BCUT2D eigenvalue weighted by atomic mass is 35.5. The second kappa shape index (κ2) is 8.44. The second-order valence-corrected chi connectivity index (χ2v) is 7.21. The number of alkyl halides is 3. The first-order chi connectivity index (χ1) is 12.8. The normalized spacial score (nSPS) is 13.7. The lowest BCUT2D eigenvalue weighted by Crippen LogP contribution is -2.09. The molecule has 144 valence electrons. The van der Waals surface area contributed by atoms with Crippen molar-refractivity contribution in [2.45, 2.75) is 31.9 Å². The molecule has 0 spiro atoms. The van der Waals surface area contributed by atoms with Gasteiger partial charge in [-0.1, -0.05) is 29.3 Å². The number of hydrogen-bond donors (Lipinski definition) is 0. The minimum Gasteiger partial charge on any atom is -0.489 e. The Morgan fingerprint density at radius 1 is 0.963 bits per heavy atom. The average Bonchev–Trinajstić information content (AvgIpc) is 2.61.